The van der Waals surface area contributed by atoms with Crippen molar-refractivity contribution in [3.05, 3.63) is 35.4 Å². The minimum atomic E-state index is -0.770. The van der Waals surface area contributed by atoms with Gasteiger partial charge in [0.25, 0.3) is 0 Å². The van der Waals surface area contributed by atoms with Gasteiger partial charge in [0.2, 0.25) is 0 Å². The van der Waals surface area contributed by atoms with Crippen LogP contribution in [0.2, 0.25) is 0 Å². The van der Waals surface area contributed by atoms with Gasteiger partial charge in [0, 0.05) is 6.04 Å². The number of nitrogens with zero attached hydrogens (tertiary/aromatic N) is 1. The fraction of sp³-hybridized carbons (Fsp3) is 0.308. The zero-order valence-electron chi connectivity index (χ0n) is 10.7. The van der Waals surface area contributed by atoms with Gasteiger partial charge in [0.1, 0.15) is 0 Å². The molecule has 5 nitrogen and oxygen atoms in total. The number of nitrogens with one attached hydrogen (secondary N) is 2. The second-order valence-electron chi connectivity index (χ2n) is 4.18. The first-order valence-electron chi connectivity index (χ1n) is 5.70. The monoisotopic (exact) mass is 247 g/mol. The lowest BCUT2D eigenvalue weighted by atomic mass is 10.1. The zero-order chi connectivity index (χ0) is 13.5. The summed E-state index contributed by atoms with van der Waals surface area (Å²) >= 11 is 0. The van der Waals surface area contributed by atoms with Crippen LogP contribution in [0.5, 0.6) is 0 Å². The number of benzene rings is 1. The van der Waals surface area contributed by atoms with Gasteiger partial charge in [-0.05, 0) is 31.9 Å². The van der Waals surface area contributed by atoms with Crippen molar-refractivity contribution in [2.45, 2.75) is 26.8 Å². The smallest absolute Gasteiger partial charge is 0.329 e. The van der Waals surface area contributed by atoms with Crippen LogP contribution >= 0.6 is 0 Å². The average Bonchev–Trinajstić information content (AvgIpc) is 2.30. The van der Waals surface area contributed by atoms with Crippen molar-refractivity contribution in [3.63, 3.8) is 0 Å². The second kappa shape index (κ2) is 6.54. The van der Waals surface area contributed by atoms with E-state index < -0.39 is 11.8 Å². The molecule has 0 aliphatic heterocycles. The molecule has 2 amide bonds. The average molecular weight is 247 g/mol. The summed E-state index contributed by atoms with van der Waals surface area (Å²) in [7, 11) is 0. The van der Waals surface area contributed by atoms with Crippen molar-refractivity contribution in [1.29, 1.82) is 0 Å². The van der Waals surface area contributed by atoms with E-state index >= 15 is 0 Å². The van der Waals surface area contributed by atoms with Crippen LogP contribution < -0.4 is 10.7 Å². The van der Waals surface area contributed by atoms with E-state index in [-0.39, 0.29) is 6.04 Å². The number of hydrogen-bond donors (Lipinski definition) is 2. The topological polar surface area (TPSA) is 70.6 Å². The Morgan fingerprint density at radius 1 is 1.22 bits per heavy atom. The molecule has 0 atom stereocenters. The Hall–Kier alpha value is -2.17. The predicted octanol–water partition coefficient (Wildman–Crippen LogP) is 0.970. The summed E-state index contributed by atoms with van der Waals surface area (Å²) in [5.74, 6) is -1.46. The Morgan fingerprint density at radius 3 is 2.50 bits per heavy atom. The molecule has 1 aromatic carbocycles. The van der Waals surface area contributed by atoms with Crippen LogP contribution in [0.4, 0.5) is 0 Å². The number of carbonyl (C=O) groups excluding carboxylic acids is 2. The molecule has 0 radical (unpaired) electrons. The highest BCUT2D eigenvalue weighted by atomic mass is 16.2. The summed E-state index contributed by atoms with van der Waals surface area (Å²) in [4.78, 5) is 22.6. The van der Waals surface area contributed by atoms with Crippen molar-refractivity contribution in [2.75, 3.05) is 0 Å². The molecule has 2 N–H and O–H groups in total. The number of rotatable bonds is 3. The SMILES string of the molecule is Cc1ccccc1/C=N\NC(=O)C(=O)NC(C)C. The molecule has 96 valence electrons. The van der Waals surface area contributed by atoms with E-state index in [9.17, 15) is 9.59 Å². The quantitative estimate of drug-likeness (QED) is 0.474. The molecule has 0 heterocycles. The first-order chi connectivity index (χ1) is 8.50. The lowest BCUT2D eigenvalue weighted by Gasteiger charge is -2.06. The fourth-order valence-corrected chi connectivity index (χ4v) is 1.27. The van der Waals surface area contributed by atoms with Gasteiger partial charge in [0.15, 0.2) is 0 Å². The summed E-state index contributed by atoms with van der Waals surface area (Å²) in [6.07, 6.45) is 1.51. The normalized spacial score (nSPS) is 10.7. The Bertz CT molecular complexity index is 467. The summed E-state index contributed by atoms with van der Waals surface area (Å²) in [5.41, 5.74) is 4.12. The van der Waals surface area contributed by atoms with E-state index in [0.29, 0.717) is 0 Å². The van der Waals surface area contributed by atoms with Gasteiger partial charge >= 0.3 is 11.8 Å². The van der Waals surface area contributed by atoms with Gasteiger partial charge in [-0.2, -0.15) is 5.10 Å². The number of hydrazone groups is 1. The molecule has 5 heteroatoms. The first-order valence-corrected chi connectivity index (χ1v) is 5.70. The minimum absolute atomic E-state index is 0.0800. The molecular weight excluding hydrogens is 230 g/mol. The van der Waals surface area contributed by atoms with Crippen LogP contribution in [0.15, 0.2) is 29.4 Å². The minimum Gasteiger partial charge on any atom is -0.346 e. The van der Waals surface area contributed by atoms with Crippen LogP contribution in [0.25, 0.3) is 0 Å². The van der Waals surface area contributed by atoms with Gasteiger partial charge in [-0.3, -0.25) is 9.59 Å². The zero-order valence-corrected chi connectivity index (χ0v) is 10.7. The second-order valence-corrected chi connectivity index (χ2v) is 4.18. The maximum atomic E-state index is 11.3. The summed E-state index contributed by atoms with van der Waals surface area (Å²) < 4.78 is 0. The van der Waals surface area contributed by atoms with Crippen molar-refractivity contribution < 1.29 is 9.59 Å². The third kappa shape index (κ3) is 4.37. The molecule has 18 heavy (non-hydrogen) atoms. The highest BCUT2D eigenvalue weighted by molar-refractivity contribution is 6.35. The number of aryl methyl sites for hydroxylation is 1. The van der Waals surface area contributed by atoms with Gasteiger partial charge < -0.3 is 5.32 Å². The highest BCUT2D eigenvalue weighted by Gasteiger charge is 2.12. The van der Waals surface area contributed by atoms with Gasteiger partial charge in [-0.1, -0.05) is 24.3 Å². The molecule has 1 rings (SSSR count). The maximum absolute atomic E-state index is 11.3. The first kappa shape index (κ1) is 13.9. The largest absolute Gasteiger partial charge is 0.346 e. The van der Waals surface area contributed by atoms with Crippen LogP contribution in [0.1, 0.15) is 25.0 Å². The van der Waals surface area contributed by atoms with E-state index in [1.54, 1.807) is 13.8 Å². The Balaban J connectivity index is 2.53. The lowest BCUT2D eigenvalue weighted by molar-refractivity contribution is -0.139. The fourth-order valence-electron chi connectivity index (χ4n) is 1.27. The van der Waals surface area contributed by atoms with Crippen molar-refractivity contribution in [2.24, 2.45) is 5.10 Å². The van der Waals surface area contributed by atoms with E-state index in [4.69, 9.17) is 0 Å². The van der Waals surface area contributed by atoms with E-state index in [2.05, 4.69) is 15.8 Å². The van der Waals surface area contributed by atoms with Gasteiger partial charge in [-0.15, -0.1) is 0 Å². The summed E-state index contributed by atoms with van der Waals surface area (Å²) in [5, 5.41) is 6.22. The summed E-state index contributed by atoms with van der Waals surface area (Å²) in [6, 6.07) is 7.53. The van der Waals surface area contributed by atoms with Crippen LogP contribution in [-0.2, 0) is 9.59 Å². The Kier molecular flexibility index (Phi) is 5.05. The number of carbonyl (C=O) groups is 2. The Morgan fingerprint density at radius 2 is 1.89 bits per heavy atom. The van der Waals surface area contributed by atoms with Crippen LogP contribution in [0.3, 0.4) is 0 Å². The van der Waals surface area contributed by atoms with Gasteiger partial charge in [-0.25, -0.2) is 5.43 Å². The van der Waals surface area contributed by atoms with Crippen LogP contribution in [0, 0.1) is 6.92 Å². The molecule has 0 saturated heterocycles. The third-order valence-corrected chi connectivity index (χ3v) is 2.18. The molecule has 0 aliphatic rings. The lowest BCUT2D eigenvalue weighted by Crippen LogP contribution is -2.41. The molecule has 0 saturated carbocycles. The van der Waals surface area contributed by atoms with Gasteiger partial charge in [0.05, 0.1) is 6.21 Å². The third-order valence-electron chi connectivity index (χ3n) is 2.18. The van der Waals surface area contributed by atoms with E-state index in [1.165, 1.54) is 6.21 Å². The molecule has 0 aliphatic carbocycles. The number of amides is 2. The van der Waals surface area contributed by atoms with Crippen molar-refractivity contribution in [3.8, 4) is 0 Å². The molecule has 0 spiro atoms. The molecule has 0 fully saturated rings. The van der Waals surface area contributed by atoms with Crippen molar-refractivity contribution in [1.82, 2.24) is 10.7 Å². The molecule has 0 aromatic heterocycles. The molecule has 0 unspecified atom stereocenters. The maximum Gasteiger partial charge on any atom is 0.329 e. The Labute approximate surface area is 106 Å². The predicted molar refractivity (Wildman–Crippen MR) is 70.2 cm³/mol. The molecule has 0 bridgehead atoms. The highest BCUT2D eigenvalue weighted by Crippen LogP contribution is 2.02. The van der Waals surface area contributed by atoms with Crippen molar-refractivity contribution >= 4 is 18.0 Å². The molecule has 1 aromatic rings. The number of hydrogen-bond acceptors (Lipinski definition) is 3. The van der Waals surface area contributed by atoms with Crippen LogP contribution in [-0.4, -0.2) is 24.1 Å². The van der Waals surface area contributed by atoms with E-state index in [0.717, 1.165) is 11.1 Å². The summed E-state index contributed by atoms with van der Waals surface area (Å²) in [6.45, 7) is 5.50. The molecular formula is C13H17N3O2. The standard InChI is InChI=1S/C13H17N3O2/c1-9(2)15-12(17)13(18)16-14-8-11-7-5-4-6-10(11)3/h4-9H,1-3H3,(H,15,17)(H,16,18)/b14-8-. The van der Waals surface area contributed by atoms with E-state index in [1.807, 2.05) is 31.2 Å².